The van der Waals surface area contributed by atoms with Gasteiger partial charge < -0.3 is 10.1 Å². The van der Waals surface area contributed by atoms with Crippen molar-refractivity contribution in [3.63, 3.8) is 0 Å². The van der Waals surface area contributed by atoms with E-state index in [1.807, 2.05) is 6.92 Å². The zero-order chi connectivity index (χ0) is 20.9. The van der Waals surface area contributed by atoms with Gasteiger partial charge in [0.1, 0.15) is 5.70 Å². The molecule has 0 aliphatic carbocycles. The average molecular weight is 406 g/mol. The molecule has 0 aromatic heterocycles. The number of esters is 1. The molecule has 150 valence electrons. The molecule has 1 aromatic carbocycles. The number of amides is 1. The summed E-state index contributed by atoms with van der Waals surface area (Å²) in [6, 6.07) is 6.46. The van der Waals surface area contributed by atoms with Gasteiger partial charge >= 0.3 is 5.97 Å². The monoisotopic (exact) mass is 406 g/mol. The number of ether oxygens (including phenoxy) is 1. The summed E-state index contributed by atoms with van der Waals surface area (Å²) < 4.78 is 31.4. The molecule has 0 radical (unpaired) electrons. The first-order valence-corrected chi connectivity index (χ1v) is 9.97. The lowest BCUT2D eigenvalue weighted by Crippen LogP contribution is -2.37. The van der Waals surface area contributed by atoms with Crippen molar-refractivity contribution in [2.24, 2.45) is 0 Å². The Morgan fingerprint density at radius 1 is 1.18 bits per heavy atom. The molecule has 0 bridgehead atoms. The molecule has 0 saturated heterocycles. The Bertz CT molecular complexity index is 945. The van der Waals surface area contributed by atoms with Gasteiger partial charge in [-0.2, -0.15) is 4.31 Å². The molecule has 1 aliphatic rings. The maximum Gasteiger partial charge on any atom is 0.354 e. The standard InChI is InChI=1S/C19H22N2O6S/c1-13-6-8-16(9-7-13)28(25,26)21-10-4-5-15(12-21)18(23)11-17(19(24)27-3)20-14(2)22/h5-9,11H,4,10,12H2,1-3H3,(H,20,22)/b17-11-. The molecular formula is C19H22N2O6S. The Balaban J connectivity index is 2.24. The first-order valence-electron chi connectivity index (χ1n) is 8.53. The zero-order valence-electron chi connectivity index (χ0n) is 15.9. The van der Waals surface area contributed by atoms with E-state index < -0.39 is 27.7 Å². The molecule has 1 aliphatic heterocycles. The summed E-state index contributed by atoms with van der Waals surface area (Å²) in [5.74, 6) is -1.98. The SMILES string of the molecule is COC(=O)/C(=C/C(=O)C1=CCCN(S(=O)(=O)c2ccc(C)cc2)C1)NC(C)=O. The number of nitrogens with zero attached hydrogens (tertiary/aromatic N) is 1. The van der Waals surface area contributed by atoms with E-state index in [1.165, 1.54) is 23.4 Å². The van der Waals surface area contributed by atoms with Crippen LogP contribution >= 0.6 is 0 Å². The Morgan fingerprint density at radius 2 is 1.82 bits per heavy atom. The summed E-state index contributed by atoms with van der Waals surface area (Å²) in [4.78, 5) is 35.6. The van der Waals surface area contributed by atoms with E-state index in [0.717, 1.165) is 18.7 Å². The molecule has 1 amide bonds. The van der Waals surface area contributed by atoms with Gasteiger partial charge in [0, 0.05) is 31.7 Å². The van der Waals surface area contributed by atoms with Gasteiger partial charge in [0.15, 0.2) is 5.78 Å². The molecular weight excluding hydrogens is 384 g/mol. The Morgan fingerprint density at radius 3 is 2.39 bits per heavy atom. The molecule has 0 atom stereocenters. The molecule has 1 N–H and O–H groups in total. The third-order valence-corrected chi connectivity index (χ3v) is 5.94. The number of hydrogen-bond acceptors (Lipinski definition) is 6. The number of hydrogen-bond donors (Lipinski definition) is 1. The summed E-state index contributed by atoms with van der Waals surface area (Å²) in [6.07, 6.45) is 2.93. The quantitative estimate of drug-likeness (QED) is 0.559. The van der Waals surface area contributed by atoms with E-state index in [4.69, 9.17) is 0 Å². The maximum atomic E-state index is 12.8. The normalized spacial score (nSPS) is 15.5. The van der Waals surface area contributed by atoms with Crippen molar-refractivity contribution < 1.29 is 27.5 Å². The summed E-state index contributed by atoms with van der Waals surface area (Å²) in [6.45, 7) is 3.17. The number of allylic oxidation sites excluding steroid dienone is 1. The number of rotatable bonds is 6. The van der Waals surface area contributed by atoms with Crippen molar-refractivity contribution >= 4 is 27.7 Å². The van der Waals surface area contributed by atoms with Gasteiger partial charge in [-0.1, -0.05) is 23.8 Å². The van der Waals surface area contributed by atoms with Crippen molar-refractivity contribution in [3.05, 3.63) is 53.3 Å². The lowest BCUT2D eigenvalue weighted by molar-refractivity contribution is -0.137. The second-order valence-corrected chi connectivity index (χ2v) is 8.20. The summed E-state index contributed by atoms with van der Waals surface area (Å²) >= 11 is 0. The van der Waals surface area contributed by atoms with E-state index >= 15 is 0 Å². The fourth-order valence-corrected chi connectivity index (χ4v) is 4.06. The van der Waals surface area contributed by atoms with Gasteiger partial charge in [-0.05, 0) is 25.5 Å². The van der Waals surface area contributed by atoms with Crippen LogP contribution in [-0.2, 0) is 29.1 Å². The van der Waals surface area contributed by atoms with Crippen LogP contribution < -0.4 is 5.32 Å². The van der Waals surface area contributed by atoms with Crippen molar-refractivity contribution in [2.45, 2.75) is 25.2 Å². The Labute approximate surface area is 163 Å². The minimum atomic E-state index is -3.76. The predicted molar refractivity (Wildman–Crippen MR) is 102 cm³/mol. The second-order valence-electron chi connectivity index (χ2n) is 6.26. The fourth-order valence-electron chi connectivity index (χ4n) is 2.63. The fraction of sp³-hybridized carbons (Fsp3) is 0.316. The van der Waals surface area contributed by atoms with Crippen molar-refractivity contribution in [2.75, 3.05) is 20.2 Å². The maximum absolute atomic E-state index is 12.8. The number of benzene rings is 1. The van der Waals surface area contributed by atoms with Gasteiger partial charge in [-0.3, -0.25) is 9.59 Å². The zero-order valence-corrected chi connectivity index (χ0v) is 16.7. The predicted octanol–water partition coefficient (Wildman–Crippen LogP) is 1.08. The van der Waals surface area contributed by atoms with Crippen molar-refractivity contribution in [1.29, 1.82) is 0 Å². The lowest BCUT2D eigenvalue weighted by Gasteiger charge is -2.26. The minimum Gasteiger partial charge on any atom is -0.464 e. The Hall–Kier alpha value is -2.78. The van der Waals surface area contributed by atoms with E-state index in [0.29, 0.717) is 6.42 Å². The van der Waals surface area contributed by atoms with Crippen LogP contribution in [0.25, 0.3) is 0 Å². The summed E-state index contributed by atoms with van der Waals surface area (Å²) in [7, 11) is -2.63. The van der Waals surface area contributed by atoms with Gasteiger partial charge in [-0.25, -0.2) is 13.2 Å². The van der Waals surface area contributed by atoms with E-state index in [-0.39, 0.29) is 29.3 Å². The van der Waals surface area contributed by atoms with Gasteiger partial charge in [-0.15, -0.1) is 0 Å². The number of carbonyl (C=O) groups is 3. The minimum absolute atomic E-state index is 0.125. The van der Waals surface area contributed by atoms with Gasteiger partial charge in [0.2, 0.25) is 15.9 Å². The highest BCUT2D eigenvalue weighted by Crippen LogP contribution is 2.21. The number of methoxy groups -OCH3 is 1. The summed E-state index contributed by atoms with van der Waals surface area (Å²) in [5.41, 5.74) is 0.847. The third kappa shape index (κ3) is 5.14. The highest BCUT2D eigenvalue weighted by atomic mass is 32.2. The van der Waals surface area contributed by atoms with Crippen molar-refractivity contribution in [3.8, 4) is 0 Å². The molecule has 0 fully saturated rings. The number of ketones is 1. The van der Waals surface area contributed by atoms with Crippen LogP contribution in [0, 0.1) is 6.92 Å². The number of aryl methyl sites for hydroxylation is 1. The smallest absolute Gasteiger partial charge is 0.354 e. The molecule has 2 rings (SSSR count). The first kappa shape index (κ1) is 21.5. The number of nitrogens with one attached hydrogen (secondary N) is 1. The van der Waals surface area contributed by atoms with E-state index in [9.17, 15) is 22.8 Å². The average Bonchev–Trinajstić information content (AvgIpc) is 2.66. The van der Waals surface area contributed by atoms with Crippen molar-refractivity contribution in [1.82, 2.24) is 9.62 Å². The number of sulfonamides is 1. The van der Waals surface area contributed by atoms with Crippen LogP contribution in [0.2, 0.25) is 0 Å². The molecule has 28 heavy (non-hydrogen) atoms. The molecule has 9 heteroatoms. The lowest BCUT2D eigenvalue weighted by atomic mass is 10.1. The van der Waals surface area contributed by atoms with Crippen LogP contribution in [-0.4, -0.2) is 50.6 Å². The van der Waals surface area contributed by atoms with Gasteiger partial charge in [0.05, 0.1) is 12.0 Å². The molecule has 0 spiro atoms. The number of carbonyl (C=O) groups excluding carboxylic acids is 3. The van der Waals surface area contributed by atoms with Crippen LogP contribution in [0.1, 0.15) is 18.9 Å². The largest absolute Gasteiger partial charge is 0.464 e. The molecule has 1 heterocycles. The second kappa shape index (κ2) is 8.94. The summed E-state index contributed by atoms with van der Waals surface area (Å²) in [5, 5.41) is 2.24. The third-order valence-electron chi connectivity index (χ3n) is 4.08. The van der Waals surface area contributed by atoms with E-state index in [1.54, 1.807) is 18.2 Å². The molecule has 0 saturated carbocycles. The molecule has 8 nitrogen and oxygen atoms in total. The highest BCUT2D eigenvalue weighted by molar-refractivity contribution is 7.89. The van der Waals surface area contributed by atoms with Crippen LogP contribution in [0.4, 0.5) is 0 Å². The van der Waals surface area contributed by atoms with E-state index in [2.05, 4.69) is 10.1 Å². The van der Waals surface area contributed by atoms with Crippen LogP contribution in [0.3, 0.4) is 0 Å². The van der Waals surface area contributed by atoms with Crippen LogP contribution in [0.15, 0.2) is 52.6 Å². The topological polar surface area (TPSA) is 110 Å². The Kier molecular flexibility index (Phi) is 6.87. The van der Waals surface area contributed by atoms with Gasteiger partial charge in [0.25, 0.3) is 0 Å². The highest BCUT2D eigenvalue weighted by Gasteiger charge is 2.29. The molecule has 1 aromatic rings. The molecule has 0 unspecified atom stereocenters. The first-order chi connectivity index (χ1) is 13.1. The van der Waals surface area contributed by atoms with Crippen LogP contribution in [0.5, 0.6) is 0 Å².